The van der Waals surface area contributed by atoms with Crippen molar-refractivity contribution in [3.63, 3.8) is 0 Å². The molecule has 1 heteroatoms. The largest absolute Gasteiger partial charge is 0.359 e. The molecule has 0 aliphatic heterocycles. The van der Waals surface area contributed by atoms with Gasteiger partial charge in [-0.05, 0) is 49.5 Å². The summed E-state index contributed by atoms with van der Waals surface area (Å²) in [5, 5.41) is 3.46. The first kappa shape index (κ1) is 16.1. The van der Waals surface area contributed by atoms with Gasteiger partial charge in [-0.3, -0.25) is 0 Å². The molecule has 2 rings (SSSR count). The third-order valence-corrected chi connectivity index (χ3v) is 3.93. The molecule has 1 aromatic carbocycles. The monoisotopic (exact) mass is 291 g/mol. The van der Waals surface area contributed by atoms with Gasteiger partial charge in [0, 0.05) is 17.3 Å². The van der Waals surface area contributed by atoms with Crippen molar-refractivity contribution in [3.8, 4) is 0 Å². The predicted molar refractivity (Wildman–Crippen MR) is 97.9 cm³/mol. The number of rotatable bonds is 7. The summed E-state index contributed by atoms with van der Waals surface area (Å²) >= 11 is 0. The van der Waals surface area contributed by atoms with Crippen molar-refractivity contribution in [2.75, 3.05) is 5.32 Å². The minimum absolute atomic E-state index is 0.293. The Balaban J connectivity index is 2.04. The quantitative estimate of drug-likeness (QED) is 0.625. The van der Waals surface area contributed by atoms with Gasteiger partial charge in [0.15, 0.2) is 0 Å². The van der Waals surface area contributed by atoms with Crippen LogP contribution >= 0.6 is 0 Å². The van der Waals surface area contributed by atoms with Gasteiger partial charge in [0.25, 0.3) is 0 Å². The topological polar surface area (TPSA) is 12.0 Å². The molecule has 1 N–H and O–H groups in total. The lowest BCUT2D eigenvalue weighted by molar-refractivity contribution is 0.742. The van der Waals surface area contributed by atoms with Crippen LogP contribution in [0.15, 0.2) is 85.1 Å². The number of anilines is 1. The van der Waals surface area contributed by atoms with E-state index >= 15 is 0 Å². The van der Waals surface area contributed by atoms with Crippen LogP contribution < -0.4 is 5.32 Å². The van der Waals surface area contributed by atoms with E-state index in [1.165, 1.54) is 16.7 Å². The summed E-state index contributed by atoms with van der Waals surface area (Å²) < 4.78 is 0. The number of nitrogens with one attached hydrogen (secondary N) is 1. The van der Waals surface area contributed by atoms with Gasteiger partial charge >= 0.3 is 0 Å². The zero-order chi connectivity index (χ0) is 15.9. The zero-order valence-electron chi connectivity index (χ0n) is 13.4. The molecule has 0 aromatic heterocycles. The molecule has 1 atom stereocenters. The Bertz CT molecular complexity index is 631. The Morgan fingerprint density at radius 2 is 2.18 bits per heavy atom. The van der Waals surface area contributed by atoms with Gasteiger partial charge in [0.2, 0.25) is 0 Å². The molecule has 0 heterocycles. The average molecular weight is 291 g/mol. The summed E-state index contributed by atoms with van der Waals surface area (Å²) in [7, 11) is 0. The van der Waals surface area contributed by atoms with E-state index in [2.05, 4.69) is 74.5 Å². The normalized spacial score (nSPS) is 16.8. The van der Waals surface area contributed by atoms with Crippen molar-refractivity contribution >= 4 is 5.69 Å². The summed E-state index contributed by atoms with van der Waals surface area (Å²) in [6.07, 6.45) is 11.3. The fourth-order valence-corrected chi connectivity index (χ4v) is 2.63. The molecule has 1 aromatic rings. The van der Waals surface area contributed by atoms with E-state index in [1.54, 1.807) is 0 Å². The van der Waals surface area contributed by atoms with Crippen LogP contribution in [0.1, 0.15) is 25.3 Å². The Kier molecular flexibility index (Phi) is 5.60. The fourth-order valence-electron chi connectivity index (χ4n) is 2.63. The summed E-state index contributed by atoms with van der Waals surface area (Å²) in [5.41, 5.74) is 5.88. The lowest BCUT2D eigenvalue weighted by Crippen LogP contribution is -2.13. The minimum atomic E-state index is 0.293. The van der Waals surface area contributed by atoms with E-state index in [9.17, 15) is 0 Å². The third kappa shape index (κ3) is 4.36. The summed E-state index contributed by atoms with van der Waals surface area (Å²) in [5.74, 6) is 0.293. The van der Waals surface area contributed by atoms with Crippen molar-refractivity contribution in [3.05, 3.63) is 90.7 Å². The van der Waals surface area contributed by atoms with Crippen molar-refractivity contribution in [1.29, 1.82) is 0 Å². The zero-order valence-corrected chi connectivity index (χ0v) is 13.4. The van der Waals surface area contributed by atoms with E-state index in [0.717, 1.165) is 30.6 Å². The van der Waals surface area contributed by atoms with Crippen molar-refractivity contribution in [2.24, 2.45) is 5.92 Å². The van der Waals surface area contributed by atoms with Gasteiger partial charge in [-0.15, -0.1) is 6.58 Å². The second-order valence-electron chi connectivity index (χ2n) is 5.89. The van der Waals surface area contributed by atoms with E-state index in [1.807, 2.05) is 6.08 Å². The molecule has 22 heavy (non-hydrogen) atoms. The van der Waals surface area contributed by atoms with Crippen LogP contribution in [0.25, 0.3) is 0 Å². The van der Waals surface area contributed by atoms with Gasteiger partial charge < -0.3 is 5.32 Å². The van der Waals surface area contributed by atoms with E-state index in [0.29, 0.717) is 5.92 Å². The molecular formula is C21H25N. The van der Waals surface area contributed by atoms with Gasteiger partial charge in [-0.1, -0.05) is 55.2 Å². The van der Waals surface area contributed by atoms with Crippen LogP contribution in [0.3, 0.4) is 0 Å². The fraction of sp³-hybridized carbons (Fsp3) is 0.238. The molecular weight excluding hydrogens is 266 g/mol. The molecule has 0 saturated heterocycles. The first-order valence-electron chi connectivity index (χ1n) is 7.78. The number of hydrogen-bond acceptors (Lipinski definition) is 1. The van der Waals surface area contributed by atoms with Crippen molar-refractivity contribution in [2.45, 2.75) is 26.2 Å². The number of hydrogen-bond donors (Lipinski definition) is 1. The minimum Gasteiger partial charge on any atom is -0.359 e. The van der Waals surface area contributed by atoms with Crippen molar-refractivity contribution in [1.82, 2.24) is 0 Å². The molecule has 0 radical (unpaired) electrons. The van der Waals surface area contributed by atoms with E-state index in [-0.39, 0.29) is 0 Å². The highest BCUT2D eigenvalue weighted by molar-refractivity contribution is 5.52. The lowest BCUT2D eigenvalue weighted by atomic mass is 9.89. The average Bonchev–Trinajstić information content (AvgIpc) is 2.53. The smallest absolute Gasteiger partial charge is 0.0384 e. The van der Waals surface area contributed by atoms with Crippen LogP contribution in [-0.4, -0.2) is 0 Å². The van der Waals surface area contributed by atoms with Gasteiger partial charge in [0.05, 0.1) is 0 Å². The van der Waals surface area contributed by atoms with Gasteiger partial charge in [0.1, 0.15) is 0 Å². The number of benzene rings is 1. The standard InChI is InChI=1S/C21H25N/c1-5-19-10-6-7-12-21(19)17(4)22-20-11-8-9-18(15-20)14-13-16(2)3/h5-11,15,21-22H,1-2,4,12-14H2,3H3. The van der Waals surface area contributed by atoms with Crippen LogP contribution in [0.4, 0.5) is 5.69 Å². The molecule has 1 aliphatic carbocycles. The van der Waals surface area contributed by atoms with Crippen LogP contribution in [0, 0.1) is 5.92 Å². The Morgan fingerprint density at radius 1 is 1.36 bits per heavy atom. The maximum atomic E-state index is 4.23. The second kappa shape index (κ2) is 7.65. The molecule has 0 bridgehead atoms. The first-order valence-corrected chi connectivity index (χ1v) is 7.78. The predicted octanol–water partition coefficient (Wildman–Crippen LogP) is 5.81. The second-order valence-corrected chi connectivity index (χ2v) is 5.89. The highest BCUT2D eigenvalue weighted by Crippen LogP contribution is 2.28. The maximum absolute atomic E-state index is 4.23. The molecule has 0 fully saturated rings. The maximum Gasteiger partial charge on any atom is 0.0384 e. The van der Waals surface area contributed by atoms with E-state index < -0.39 is 0 Å². The Morgan fingerprint density at radius 3 is 2.91 bits per heavy atom. The molecule has 1 unspecified atom stereocenters. The van der Waals surface area contributed by atoms with Gasteiger partial charge in [-0.2, -0.15) is 0 Å². The number of allylic oxidation sites excluding steroid dienone is 6. The molecule has 0 saturated carbocycles. The summed E-state index contributed by atoms with van der Waals surface area (Å²) in [6, 6.07) is 8.54. The molecule has 0 amide bonds. The lowest BCUT2D eigenvalue weighted by Gasteiger charge is -2.23. The Hall–Kier alpha value is -2.28. The summed E-state index contributed by atoms with van der Waals surface area (Å²) in [6.45, 7) is 14.2. The van der Waals surface area contributed by atoms with E-state index in [4.69, 9.17) is 0 Å². The van der Waals surface area contributed by atoms with Crippen LogP contribution in [0.2, 0.25) is 0 Å². The summed E-state index contributed by atoms with van der Waals surface area (Å²) in [4.78, 5) is 0. The SMILES string of the molecule is C=CC1=CC=CCC1C(=C)Nc1cccc(CCC(=C)C)c1. The van der Waals surface area contributed by atoms with Crippen LogP contribution in [-0.2, 0) is 6.42 Å². The third-order valence-electron chi connectivity index (χ3n) is 3.93. The highest BCUT2D eigenvalue weighted by atomic mass is 14.9. The molecule has 114 valence electrons. The van der Waals surface area contributed by atoms with Gasteiger partial charge in [-0.25, -0.2) is 0 Å². The molecule has 0 spiro atoms. The van der Waals surface area contributed by atoms with Crippen LogP contribution in [0.5, 0.6) is 0 Å². The highest BCUT2D eigenvalue weighted by Gasteiger charge is 2.16. The van der Waals surface area contributed by atoms with Crippen molar-refractivity contribution < 1.29 is 0 Å². The first-order chi connectivity index (χ1) is 10.6. The number of aryl methyl sites for hydroxylation is 1. The molecule has 1 nitrogen and oxygen atoms in total. The molecule has 1 aliphatic rings. The Labute approximate surface area is 134 Å².